The van der Waals surface area contributed by atoms with Crippen LogP contribution in [0.1, 0.15) is 0 Å². The molecule has 4 heavy (non-hydrogen) atoms. The first-order valence-electron chi connectivity index (χ1n) is 0.736. The molecule has 0 aliphatic carbocycles. The van der Waals surface area contributed by atoms with E-state index in [0.29, 0.717) is 6.26 Å². The maximum Gasteiger partial charge on any atom is 0.0994 e. The standard InChI is InChI=1S/C2H2ClO/c3-1-2-4/h2,4H. The summed E-state index contributed by atoms with van der Waals surface area (Å²) in [6.07, 6.45) is 0.640. The van der Waals surface area contributed by atoms with Crippen molar-refractivity contribution >= 4 is 11.6 Å². The predicted molar refractivity (Wildman–Crippen MR) is 16.3 cm³/mol. The summed E-state index contributed by atoms with van der Waals surface area (Å²) in [6.45, 7) is 0. The van der Waals surface area contributed by atoms with E-state index in [-0.39, 0.29) is 0 Å². The highest BCUT2D eigenvalue weighted by atomic mass is 35.5. The predicted octanol–water partition coefficient (Wildman–Crippen LogP) is 1.06. The lowest BCUT2D eigenvalue weighted by Gasteiger charge is -1.49. The fourth-order valence-electron chi connectivity index (χ4n) is 0. The van der Waals surface area contributed by atoms with Crippen LogP contribution in [-0.4, -0.2) is 5.11 Å². The van der Waals surface area contributed by atoms with Crippen LogP contribution < -0.4 is 0 Å². The van der Waals surface area contributed by atoms with Gasteiger partial charge in [-0.2, -0.15) is 0 Å². The molecule has 0 unspecified atom stereocenters. The van der Waals surface area contributed by atoms with Gasteiger partial charge in [0.1, 0.15) is 0 Å². The zero-order valence-electron chi connectivity index (χ0n) is 1.90. The van der Waals surface area contributed by atoms with E-state index in [1.807, 2.05) is 5.54 Å². The molecule has 0 atom stereocenters. The van der Waals surface area contributed by atoms with E-state index in [2.05, 4.69) is 11.6 Å². The molecule has 1 radical (unpaired) electrons. The van der Waals surface area contributed by atoms with Crippen LogP contribution in [0.5, 0.6) is 0 Å². The quantitative estimate of drug-likeness (QED) is 0.429. The average Bonchev–Trinajstić information content (AvgIpc) is 1.37. The van der Waals surface area contributed by atoms with Crippen LogP contribution in [-0.2, 0) is 0 Å². The van der Waals surface area contributed by atoms with Gasteiger partial charge in [0.15, 0.2) is 0 Å². The monoisotopic (exact) mass is 77.0 g/mol. The molecule has 0 aromatic carbocycles. The molecule has 0 saturated heterocycles. The summed E-state index contributed by atoms with van der Waals surface area (Å²) in [4.78, 5) is 0. The van der Waals surface area contributed by atoms with Crippen molar-refractivity contribution in [3.8, 4) is 0 Å². The van der Waals surface area contributed by atoms with Crippen molar-refractivity contribution in [1.82, 2.24) is 0 Å². The second-order valence-corrected chi connectivity index (χ2v) is 0.456. The van der Waals surface area contributed by atoms with Crippen LogP contribution in [0.15, 0.2) is 6.26 Å². The van der Waals surface area contributed by atoms with E-state index in [4.69, 9.17) is 5.11 Å². The van der Waals surface area contributed by atoms with Gasteiger partial charge in [-0.05, 0) is 0 Å². The molecule has 0 aromatic rings. The van der Waals surface area contributed by atoms with Gasteiger partial charge in [-0.15, -0.1) is 0 Å². The van der Waals surface area contributed by atoms with Gasteiger partial charge in [-0.3, -0.25) is 0 Å². The molecule has 0 aliphatic rings. The van der Waals surface area contributed by atoms with Crippen LogP contribution >= 0.6 is 11.6 Å². The van der Waals surface area contributed by atoms with E-state index < -0.39 is 0 Å². The summed E-state index contributed by atoms with van der Waals surface area (Å²) < 4.78 is 0. The lowest BCUT2D eigenvalue weighted by Crippen LogP contribution is -1.34. The van der Waals surface area contributed by atoms with Crippen molar-refractivity contribution in [2.45, 2.75) is 0 Å². The molecule has 0 amide bonds. The van der Waals surface area contributed by atoms with Crippen LogP contribution in [0.4, 0.5) is 0 Å². The largest absolute Gasteiger partial charge is 0.514 e. The van der Waals surface area contributed by atoms with Gasteiger partial charge in [-0.1, -0.05) is 11.6 Å². The van der Waals surface area contributed by atoms with Crippen molar-refractivity contribution in [2.24, 2.45) is 0 Å². The highest BCUT2D eigenvalue weighted by Gasteiger charge is 1.41. The fraction of sp³-hybridized carbons (Fsp3) is 0. The molecule has 2 heteroatoms. The molecule has 0 rings (SSSR count). The molecular weight excluding hydrogens is 75.5 g/mol. The Kier molecular flexibility index (Phi) is 2.71. The van der Waals surface area contributed by atoms with Crippen molar-refractivity contribution in [1.29, 1.82) is 0 Å². The SMILES string of the molecule is OC=[C]Cl. The molecule has 23 valence electrons. The zero-order valence-corrected chi connectivity index (χ0v) is 2.66. The van der Waals surface area contributed by atoms with Crippen LogP contribution in [0.3, 0.4) is 0 Å². The Bertz CT molecular complexity index is 21.2. The van der Waals surface area contributed by atoms with Crippen molar-refractivity contribution in [3.63, 3.8) is 0 Å². The number of aliphatic hydroxyl groups is 1. The first-order valence-corrected chi connectivity index (χ1v) is 1.11. The van der Waals surface area contributed by atoms with E-state index in [1.54, 1.807) is 0 Å². The van der Waals surface area contributed by atoms with Crippen molar-refractivity contribution in [3.05, 3.63) is 11.8 Å². The van der Waals surface area contributed by atoms with Crippen LogP contribution in [0.2, 0.25) is 0 Å². The number of halogens is 1. The Balaban J connectivity index is 2.55. The maximum absolute atomic E-state index is 7.51. The molecule has 0 aliphatic heterocycles. The fourth-order valence-corrected chi connectivity index (χ4v) is 0. The topological polar surface area (TPSA) is 20.2 Å². The Morgan fingerprint density at radius 3 is 2.25 bits per heavy atom. The Hall–Kier alpha value is -0.170. The minimum absolute atomic E-state index is 0.640. The highest BCUT2D eigenvalue weighted by Crippen LogP contribution is 1.64. The van der Waals surface area contributed by atoms with Crippen LogP contribution in [0, 0.1) is 5.54 Å². The third-order valence-corrected chi connectivity index (χ3v) is 0.146. The van der Waals surface area contributed by atoms with Gasteiger partial charge in [0.05, 0.1) is 11.8 Å². The van der Waals surface area contributed by atoms with E-state index in [1.165, 1.54) is 0 Å². The molecule has 0 spiro atoms. The molecule has 1 N–H and O–H groups in total. The number of hydrogen-bond acceptors (Lipinski definition) is 1. The summed E-state index contributed by atoms with van der Waals surface area (Å²) >= 11 is 4.63. The number of rotatable bonds is 0. The third kappa shape index (κ3) is 1.83. The van der Waals surface area contributed by atoms with Gasteiger partial charge in [-0.25, -0.2) is 0 Å². The summed E-state index contributed by atoms with van der Waals surface area (Å²) in [7, 11) is 0. The van der Waals surface area contributed by atoms with E-state index in [0.717, 1.165) is 0 Å². The summed E-state index contributed by atoms with van der Waals surface area (Å²) in [5.41, 5.74) is 1.83. The first kappa shape index (κ1) is 3.83. The molecule has 1 nitrogen and oxygen atoms in total. The Morgan fingerprint density at radius 2 is 2.25 bits per heavy atom. The van der Waals surface area contributed by atoms with Gasteiger partial charge >= 0.3 is 0 Å². The summed E-state index contributed by atoms with van der Waals surface area (Å²) in [5, 5.41) is 7.51. The summed E-state index contributed by atoms with van der Waals surface area (Å²) in [5.74, 6) is 0. The molecule has 0 fully saturated rings. The summed E-state index contributed by atoms with van der Waals surface area (Å²) in [6, 6.07) is 0. The minimum Gasteiger partial charge on any atom is -0.514 e. The maximum atomic E-state index is 7.51. The Labute approximate surface area is 29.5 Å². The zero-order chi connectivity index (χ0) is 3.41. The van der Waals surface area contributed by atoms with Gasteiger partial charge < -0.3 is 5.11 Å². The second-order valence-electron chi connectivity index (χ2n) is 0.238. The molecule has 0 saturated carbocycles. The third-order valence-electron chi connectivity index (χ3n) is 0.0488. The molecule has 0 aromatic heterocycles. The van der Waals surface area contributed by atoms with Crippen molar-refractivity contribution in [2.75, 3.05) is 0 Å². The smallest absolute Gasteiger partial charge is 0.0994 e. The van der Waals surface area contributed by atoms with Crippen molar-refractivity contribution < 1.29 is 5.11 Å². The molecule has 0 bridgehead atoms. The highest BCUT2D eigenvalue weighted by molar-refractivity contribution is 6.21. The van der Waals surface area contributed by atoms with E-state index in [9.17, 15) is 0 Å². The minimum atomic E-state index is 0.640. The van der Waals surface area contributed by atoms with Gasteiger partial charge in [0.2, 0.25) is 0 Å². The number of hydrogen-bond donors (Lipinski definition) is 1. The molecule has 0 heterocycles. The first-order chi connectivity index (χ1) is 1.91. The van der Waals surface area contributed by atoms with Gasteiger partial charge in [0, 0.05) is 0 Å². The average molecular weight is 77.5 g/mol. The number of aliphatic hydroxyl groups excluding tert-OH is 1. The lowest BCUT2D eigenvalue weighted by molar-refractivity contribution is 0.473. The van der Waals surface area contributed by atoms with Crippen LogP contribution in [0.25, 0.3) is 0 Å². The Morgan fingerprint density at radius 1 is 2.00 bits per heavy atom. The normalized spacial score (nSPS) is 9.25. The second kappa shape index (κ2) is 2.83. The van der Waals surface area contributed by atoms with Gasteiger partial charge in [0.25, 0.3) is 0 Å². The lowest BCUT2D eigenvalue weighted by atomic mass is 11.2. The molecular formula is C2H2ClO. The van der Waals surface area contributed by atoms with E-state index >= 15 is 0 Å².